The molecule has 5 heteroatoms. The van der Waals surface area contributed by atoms with Crippen LogP contribution < -0.4 is 0 Å². The molecule has 4 aromatic heterocycles. The van der Waals surface area contributed by atoms with Gasteiger partial charge >= 0.3 is 0 Å². The minimum atomic E-state index is 0.810. The lowest BCUT2D eigenvalue weighted by atomic mass is 10.00. The predicted octanol–water partition coefficient (Wildman–Crippen LogP) is 13.6. The second-order valence-electron chi connectivity index (χ2n) is 15.1. The Hall–Kier alpha value is -7.26. The maximum Gasteiger partial charge on any atom is 0.165 e. The first kappa shape index (κ1) is 31.0. The molecule has 1 aliphatic carbocycles. The van der Waals surface area contributed by atoms with E-state index in [0.29, 0.717) is 0 Å². The van der Waals surface area contributed by atoms with E-state index in [-0.39, 0.29) is 0 Å². The number of aromatic nitrogens is 4. The zero-order valence-electron chi connectivity index (χ0n) is 30.6. The molecule has 0 aliphatic heterocycles. The minimum Gasteiger partial charge on any atom is -0.309 e. The van der Waals surface area contributed by atoms with Gasteiger partial charge in [0.05, 0.1) is 38.5 Å². The highest BCUT2D eigenvalue weighted by Crippen LogP contribution is 2.42. The van der Waals surface area contributed by atoms with Crippen LogP contribution in [0.3, 0.4) is 0 Å². The summed E-state index contributed by atoms with van der Waals surface area (Å²) < 4.78 is 7.24. The van der Waals surface area contributed by atoms with Gasteiger partial charge in [0.15, 0.2) is 5.82 Å². The van der Waals surface area contributed by atoms with Crippen LogP contribution in [0.1, 0.15) is 17.7 Å². The van der Waals surface area contributed by atoms with E-state index in [1.807, 2.05) is 12.1 Å². The van der Waals surface area contributed by atoms with Gasteiger partial charge in [0, 0.05) is 47.9 Å². The number of benzene rings is 7. The fourth-order valence-corrected chi connectivity index (χ4v) is 10.5. The van der Waals surface area contributed by atoms with E-state index in [9.17, 15) is 0 Å². The molecular formula is C52H30N4S. The van der Waals surface area contributed by atoms with Gasteiger partial charge in [0.25, 0.3) is 0 Å². The number of fused-ring (bicyclic) bond motifs is 13. The standard InChI is InChI=1S/C52H30N4S/c1-2-12-36-31(11-1)23-26-46-50(36)40-15-4-9-19-45(40)55(46)35-24-21-32-28-41-37-13-3-8-18-44(37)56(47(41)29-34(32)27-35)52-51(53-42-16-6-7-17-43(42)54-52)33-22-25-39-38-14-5-10-20-48(38)57-49(39)30-33/h1-7,9-17,19-21,23-24,26-30H,8,18H2. The number of rotatable bonds is 3. The van der Waals surface area contributed by atoms with E-state index in [0.717, 1.165) is 57.5 Å². The van der Waals surface area contributed by atoms with Crippen molar-refractivity contribution in [2.75, 3.05) is 0 Å². The van der Waals surface area contributed by atoms with E-state index in [1.165, 1.54) is 74.8 Å². The molecule has 0 amide bonds. The molecule has 4 heterocycles. The second-order valence-corrected chi connectivity index (χ2v) is 16.2. The van der Waals surface area contributed by atoms with Crippen LogP contribution >= 0.6 is 11.3 Å². The number of allylic oxidation sites excluding steroid dienone is 1. The topological polar surface area (TPSA) is 35.6 Å². The molecule has 1 aliphatic rings. The molecule has 0 fully saturated rings. The lowest BCUT2D eigenvalue weighted by Gasteiger charge is -2.16. The fraction of sp³-hybridized carbons (Fsp3) is 0.0385. The Kier molecular flexibility index (Phi) is 6.32. The number of thiophene rings is 1. The molecule has 13 rings (SSSR count). The number of hydrogen-bond donors (Lipinski definition) is 0. The maximum atomic E-state index is 5.45. The van der Waals surface area contributed by atoms with Crippen LogP contribution in [0.15, 0.2) is 152 Å². The van der Waals surface area contributed by atoms with Gasteiger partial charge in [-0.25, -0.2) is 9.97 Å². The van der Waals surface area contributed by atoms with E-state index < -0.39 is 0 Å². The largest absolute Gasteiger partial charge is 0.309 e. The van der Waals surface area contributed by atoms with Crippen molar-refractivity contribution in [1.82, 2.24) is 19.1 Å². The normalized spacial score (nSPS) is 12.9. The summed E-state index contributed by atoms with van der Waals surface area (Å²) in [6.07, 6.45) is 6.49. The molecule has 0 unspecified atom stereocenters. The first-order valence-electron chi connectivity index (χ1n) is 19.5. The summed E-state index contributed by atoms with van der Waals surface area (Å²) in [6, 6.07) is 59.7. The highest BCUT2D eigenvalue weighted by Gasteiger charge is 2.24. The van der Waals surface area contributed by atoms with Crippen LogP contribution in [0.25, 0.3) is 114 Å². The Morgan fingerprint density at radius 3 is 2.26 bits per heavy atom. The highest BCUT2D eigenvalue weighted by atomic mass is 32.1. The van der Waals surface area contributed by atoms with Gasteiger partial charge in [-0.1, -0.05) is 109 Å². The zero-order valence-corrected chi connectivity index (χ0v) is 31.4. The van der Waals surface area contributed by atoms with Crippen molar-refractivity contribution < 1.29 is 0 Å². The highest BCUT2D eigenvalue weighted by molar-refractivity contribution is 7.25. The van der Waals surface area contributed by atoms with Crippen LogP contribution in [0.5, 0.6) is 0 Å². The van der Waals surface area contributed by atoms with Crippen molar-refractivity contribution in [1.29, 1.82) is 0 Å². The van der Waals surface area contributed by atoms with Gasteiger partial charge in [-0.3, -0.25) is 4.57 Å². The van der Waals surface area contributed by atoms with Crippen molar-refractivity contribution in [3.63, 3.8) is 0 Å². The van der Waals surface area contributed by atoms with Crippen molar-refractivity contribution in [3.8, 4) is 22.8 Å². The third-order valence-electron chi connectivity index (χ3n) is 11.9. The molecule has 57 heavy (non-hydrogen) atoms. The second kappa shape index (κ2) is 11.6. The molecule has 264 valence electrons. The molecule has 0 N–H and O–H groups in total. The van der Waals surface area contributed by atoms with Crippen molar-refractivity contribution in [3.05, 3.63) is 175 Å². The summed E-state index contributed by atoms with van der Waals surface area (Å²) in [5, 5.41) is 11.0. The van der Waals surface area contributed by atoms with Crippen molar-refractivity contribution in [2.45, 2.75) is 12.8 Å². The van der Waals surface area contributed by atoms with Crippen LogP contribution in [0, 0.1) is 12.1 Å². The number of hydrogen-bond acceptors (Lipinski definition) is 3. The monoisotopic (exact) mass is 742 g/mol. The quantitative estimate of drug-likeness (QED) is 0.181. The average molecular weight is 743 g/mol. The van der Waals surface area contributed by atoms with Gasteiger partial charge in [-0.2, -0.15) is 0 Å². The first-order chi connectivity index (χ1) is 28.2. The number of nitrogens with zero attached hydrogens (tertiary/aromatic N) is 4. The van der Waals surface area contributed by atoms with E-state index in [2.05, 4.69) is 167 Å². The van der Waals surface area contributed by atoms with Gasteiger partial charge < -0.3 is 4.57 Å². The molecule has 8 aromatic carbocycles. The Balaban J connectivity index is 1.08. The Morgan fingerprint density at radius 2 is 1.33 bits per heavy atom. The van der Waals surface area contributed by atoms with Gasteiger partial charge in [0.2, 0.25) is 0 Å². The van der Waals surface area contributed by atoms with Crippen LogP contribution in [0.2, 0.25) is 0 Å². The van der Waals surface area contributed by atoms with E-state index >= 15 is 0 Å². The van der Waals surface area contributed by atoms with Crippen LogP contribution in [-0.2, 0) is 6.42 Å². The zero-order chi connectivity index (χ0) is 37.2. The third kappa shape index (κ3) is 4.45. The number of para-hydroxylation sites is 3. The molecule has 0 spiro atoms. The molecule has 0 radical (unpaired) electrons. The summed E-state index contributed by atoms with van der Waals surface area (Å²) in [5.41, 5.74) is 10.6. The molecule has 0 saturated heterocycles. The molecule has 12 aromatic rings. The average Bonchev–Trinajstić information content (AvgIpc) is 3.92. The Bertz CT molecular complexity index is 3710. The van der Waals surface area contributed by atoms with E-state index in [4.69, 9.17) is 9.97 Å². The summed E-state index contributed by atoms with van der Waals surface area (Å²) in [6.45, 7) is 0. The maximum absolute atomic E-state index is 5.45. The first-order valence-corrected chi connectivity index (χ1v) is 20.3. The lowest BCUT2D eigenvalue weighted by Crippen LogP contribution is -2.08. The molecule has 0 atom stereocenters. The van der Waals surface area contributed by atoms with Crippen molar-refractivity contribution >= 4 is 103 Å². The van der Waals surface area contributed by atoms with Gasteiger partial charge in [-0.15, -0.1) is 11.3 Å². The minimum absolute atomic E-state index is 0.810. The van der Waals surface area contributed by atoms with E-state index in [1.54, 1.807) is 11.3 Å². The van der Waals surface area contributed by atoms with Gasteiger partial charge in [0.1, 0.15) is 5.69 Å². The molecular weight excluding hydrogens is 713 g/mol. The molecule has 4 nitrogen and oxygen atoms in total. The van der Waals surface area contributed by atoms with Crippen LogP contribution in [-0.4, -0.2) is 19.1 Å². The smallest absolute Gasteiger partial charge is 0.165 e. The lowest BCUT2D eigenvalue weighted by molar-refractivity contribution is 0.872. The van der Waals surface area contributed by atoms with Crippen LogP contribution in [0.4, 0.5) is 0 Å². The summed E-state index contributed by atoms with van der Waals surface area (Å²) in [4.78, 5) is 10.8. The SMILES string of the molecule is c1c(-c2nc3ccccc3nc2-n2c3c(c4cc5ccc(-n6c7ccccc7c7c8ccccc8ccc76)cc5cc42)C=CCC3)cc2sc3ccccc3c2c#1. The van der Waals surface area contributed by atoms with Crippen molar-refractivity contribution in [2.24, 2.45) is 0 Å². The van der Waals surface area contributed by atoms with Gasteiger partial charge in [-0.05, 0) is 95.1 Å². The summed E-state index contributed by atoms with van der Waals surface area (Å²) >= 11 is 1.79. The Morgan fingerprint density at radius 1 is 0.544 bits per heavy atom. The molecule has 0 saturated carbocycles. The Labute approximate surface area is 331 Å². The fourth-order valence-electron chi connectivity index (χ4n) is 9.39. The summed E-state index contributed by atoms with van der Waals surface area (Å²) in [5.74, 6) is 0.824. The summed E-state index contributed by atoms with van der Waals surface area (Å²) in [7, 11) is 0. The molecule has 0 bridgehead atoms. The third-order valence-corrected chi connectivity index (χ3v) is 13.1. The predicted molar refractivity (Wildman–Crippen MR) is 239 cm³/mol.